The lowest BCUT2D eigenvalue weighted by atomic mass is 10.2. The van der Waals surface area contributed by atoms with Gasteiger partial charge in [0.1, 0.15) is 5.75 Å². The van der Waals surface area contributed by atoms with Crippen molar-refractivity contribution in [2.75, 3.05) is 12.4 Å². The number of esters is 1. The van der Waals surface area contributed by atoms with Crippen molar-refractivity contribution in [3.63, 3.8) is 0 Å². The van der Waals surface area contributed by atoms with Crippen molar-refractivity contribution in [1.82, 2.24) is 0 Å². The largest absolute Gasteiger partial charge is 0.506 e. The smallest absolute Gasteiger partial charge is 0.337 e. The molecule has 0 fully saturated rings. The van der Waals surface area contributed by atoms with Crippen LogP contribution in [0.4, 0.5) is 10.5 Å². The Labute approximate surface area is 85.6 Å². The zero-order chi connectivity index (χ0) is 11.4. The predicted molar refractivity (Wildman–Crippen MR) is 52.7 cm³/mol. The summed E-state index contributed by atoms with van der Waals surface area (Å²) in [7, 11) is 1.23. The molecule has 0 heterocycles. The molecule has 0 aliphatic heterocycles. The third kappa shape index (κ3) is 2.60. The number of ether oxygens (including phenoxy) is 1. The number of hydrogen-bond acceptors (Lipinski definition) is 4. The van der Waals surface area contributed by atoms with Crippen LogP contribution in [-0.2, 0) is 4.74 Å². The fourth-order valence-corrected chi connectivity index (χ4v) is 1.01. The second kappa shape index (κ2) is 4.32. The molecule has 0 saturated heterocycles. The Morgan fingerprint density at radius 3 is 2.60 bits per heavy atom. The molecule has 1 aromatic carbocycles. The van der Waals surface area contributed by atoms with E-state index in [0.717, 1.165) is 0 Å². The first-order valence-electron chi connectivity index (χ1n) is 4.02. The van der Waals surface area contributed by atoms with E-state index in [2.05, 4.69) is 10.1 Å². The summed E-state index contributed by atoms with van der Waals surface area (Å²) in [5, 5.41) is 11.6. The Hall–Kier alpha value is -2.24. The Morgan fingerprint density at radius 2 is 2.13 bits per heavy atom. The van der Waals surface area contributed by atoms with Gasteiger partial charge in [0.15, 0.2) is 0 Å². The molecule has 1 rings (SSSR count). The highest BCUT2D eigenvalue weighted by Crippen LogP contribution is 2.24. The van der Waals surface area contributed by atoms with Crippen molar-refractivity contribution in [3.05, 3.63) is 23.8 Å². The molecule has 0 saturated carbocycles. The van der Waals surface area contributed by atoms with E-state index in [1.165, 1.54) is 25.3 Å². The van der Waals surface area contributed by atoms with Gasteiger partial charge in [0.25, 0.3) is 0 Å². The van der Waals surface area contributed by atoms with Crippen LogP contribution in [0.2, 0.25) is 0 Å². The third-order valence-corrected chi connectivity index (χ3v) is 1.68. The molecule has 2 amide bonds. The third-order valence-electron chi connectivity index (χ3n) is 1.68. The molecule has 0 atom stereocenters. The average Bonchev–Trinajstić information content (AvgIpc) is 2.19. The molecular formula is C9H10N2O4. The number of phenols is 1. The first-order valence-corrected chi connectivity index (χ1v) is 4.02. The monoisotopic (exact) mass is 210 g/mol. The number of nitrogens with one attached hydrogen (secondary N) is 1. The van der Waals surface area contributed by atoms with Gasteiger partial charge in [-0.15, -0.1) is 0 Å². The number of benzene rings is 1. The molecule has 80 valence electrons. The van der Waals surface area contributed by atoms with Crippen molar-refractivity contribution >= 4 is 17.7 Å². The fourth-order valence-electron chi connectivity index (χ4n) is 1.01. The summed E-state index contributed by atoms with van der Waals surface area (Å²) in [4.78, 5) is 21.6. The molecule has 0 unspecified atom stereocenters. The summed E-state index contributed by atoms with van der Waals surface area (Å²) in [6.07, 6.45) is 0. The van der Waals surface area contributed by atoms with Crippen LogP contribution in [0, 0.1) is 0 Å². The zero-order valence-corrected chi connectivity index (χ0v) is 7.98. The van der Waals surface area contributed by atoms with Gasteiger partial charge in [0.2, 0.25) is 0 Å². The number of carbonyl (C=O) groups excluding carboxylic acids is 2. The second-order valence-electron chi connectivity index (χ2n) is 2.71. The van der Waals surface area contributed by atoms with Gasteiger partial charge in [-0.05, 0) is 18.2 Å². The highest BCUT2D eigenvalue weighted by atomic mass is 16.5. The number of urea groups is 1. The Balaban J connectivity index is 2.97. The number of primary amides is 1. The van der Waals surface area contributed by atoms with Crippen molar-refractivity contribution in [2.24, 2.45) is 5.73 Å². The van der Waals surface area contributed by atoms with E-state index in [9.17, 15) is 14.7 Å². The van der Waals surface area contributed by atoms with E-state index in [1.807, 2.05) is 0 Å². The van der Waals surface area contributed by atoms with Crippen LogP contribution in [0.1, 0.15) is 10.4 Å². The summed E-state index contributed by atoms with van der Waals surface area (Å²) in [5.74, 6) is -0.826. The molecule has 0 aliphatic rings. The van der Waals surface area contributed by atoms with E-state index in [4.69, 9.17) is 5.73 Å². The van der Waals surface area contributed by atoms with Crippen molar-refractivity contribution in [1.29, 1.82) is 0 Å². The minimum absolute atomic E-state index is 0.134. The second-order valence-corrected chi connectivity index (χ2v) is 2.71. The van der Waals surface area contributed by atoms with E-state index in [-0.39, 0.29) is 17.0 Å². The molecular weight excluding hydrogens is 200 g/mol. The number of carbonyl (C=O) groups is 2. The highest BCUT2D eigenvalue weighted by Gasteiger charge is 2.09. The summed E-state index contributed by atoms with van der Waals surface area (Å²) in [6.45, 7) is 0. The van der Waals surface area contributed by atoms with Crippen LogP contribution in [-0.4, -0.2) is 24.2 Å². The molecule has 4 N–H and O–H groups in total. The van der Waals surface area contributed by atoms with E-state index < -0.39 is 12.0 Å². The van der Waals surface area contributed by atoms with Crippen LogP contribution in [0.5, 0.6) is 5.75 Å². The Bertz CT molecular complexity index is 403. The van der Waals surface area contributed by atoms with Crippen LogP contribution < -0.4 is 11.1 Å². The van der Waals surface area contributed by atoms with Crippen molar-refractivity contribution in [3.8, 4) is 5.75 Å². The number of rotatable bonds is 2. The Morgan fingerprint density at radius 1 is 1.47 bits per heavy atom. The molecule has 15 heavy (non-hydrogen) atoms. The maximum atomic E-state index is 11.1. The van der Waals surface area contributed by atoms with E-state index >= 15 is 0 Å². The molecule has 0 radical (unpaired) electrons. The minimum atomic E-state index is -0.795. The summed E-state index contributed by atoms with van der Waals surface area (Å²) in [5.41, 5.74) is 5.18. The molecule has 1 aromatic rings. The van der Waals surface area contributed by atoms with E-state index in [0.29, 0.717) is 0 Å². The number of phenolic OH excluding ortho intramolecular Hbond substituents is 1. The van der Waals surface area contributed by atoms with Gasteiger partial charge in [0, 0.05) is 0 Å². The SMILES string of the molecule is COC(=O)c1ccc(NC(N)=O)c(O)c1. The number of anilines is 1. The number of nitrogens with two attached hydrogens (primary N) is 1. The molecule has 0 spiro atoms. The quantitative estimate of drug-likeness (QED) is 0.493. The summed E-state index contributed by atoms with van der Waals surface area (Å²) >= 11 is 0. The maximum absolute atomic E-state index is 11.1. The lowest BCUT2D eigenvalue weighted by molar-refractivity contribution is 0.0600. The lowest BCUT2D eigenvalue weighted by Gasteiger charge is -2.06. The van der Waals surface area contributed by atoms with Crippen molar-refractivity contribution < 1.29 is 19.4 Å². The van der Waals surface area contributed by atoms with Crippen LogP contribution in [0.25, 0.3) is 0 Å². The van der Waals surface area contributed by atoms with Gasteiger partial charge in [-0.2, -0.15) is 0 Å². The van der Waals surface area contributed by atoms with Gasteiger partial charge in [0.05, 0.1) is 18.4 Å². The summed E-state index contributed by atoms with van der Waals surface area (Å²) < 4.78 is 4.45. The van der Waals surface area contributed by atoms with Gasteiger partial charge in [-0.25, -0.2) is 9.59 Å². The number of methoxy groups -OCH3 is 1. The number of amides is 2. The minimum Gasteiger partial charge on any atom is -0.506 e. The summed E-state index contributed by atoms with van der Waals surface area (Å²) in [6, 6.07) is 3.14. The van der Waals surface area contributed by atoms with Crippen LogP contribution in [0.15, 0.2) is 18.2 Å². The highest BCUT2D eigenvalue weighted by molar-refractivity contribution is 5.93. The maximum Gasteiger partial charge on any atom is 0.337 e. The predicted octanol–water partition coefficient (Wildman–Crippen LogP) is 0.669. The Kier molecular flexibility index (Phi) is 3.12. The average molecular weight is 210 g/mol. The van der Waals surface area contributed by atoms with Gasteiger partial charge in [-0.1, -0.05) is 0 Å². The number of hydrogen-bond donors (Lipinski definition) is 3. The first kappa shape index (κ1) is 10.8. The van der Waals surface area contributed by atoms with E-state index in [1.54, 1.807) is 0 Å². The van der Waals surface area contributed by atoms with Crippen LogP contribution >= 0.6 is 0 Å². The lowest BCUT2D eigenvalue weighted by Crippen LogP contribution is -2.19. The van der Waals surface area contributed by atoms with Gasteiger partial charge < -0.3 is 20.9 Å². The molecule has 6 nitrogen and oxygen atoms in total. The standard InChI is InChI=1S/C9H10N2O4/c1-15-8(13)5-2-3-6(7(12)4-5)11-9(10)14/h2-4,12H,1H3,(H3,10,11,14). The normalized spacial score (nSPS) is 9.40. The zero-order valence-electron chi connectivity index (χ0n) is 7.98. The number of aromatic hydroxyl groups is 1. The van der Waals surface area contributed by atoms with Crippen molar-refractivity contribution in [2.45, 2.75) is 0 Å². The molecule has 6 heteroatoms. The van der Waals surface area contributed by atoms with Gasteiger partial charge in [-0.3, -0.25) is 0 Å². The van der Waals surface area contributed by atoms with Crippen LogP contribution in [0.3, 0.4) is 0 Å². The molecule has 0 aromatic heterocycles. The van der Waals surface area contributed by atoms with Gasteiger partial charge >= 0.3 is 12.0 Å². The molecule has 0 aliphatic carbocycles. The fraction of sp³-hybridized carbons (Fsp3) is 0.111. The molecule has 0 bridgehead atoms. The topological polar surface area (TPSA) is 102 Å². The first-order chi connectivity index (χ1) is 7.04.